The van der Waals surface area contributed by atoms with E-state index in [4.69, 9.17) is 0 Å². The van der Waals surface area contributed by atoms with E-state index in [1.54, 1.807) is 13.0 Å². The van der Waals surface area contributed by atoms with E-state index >= 15 is 0 Å². The number of aromatic nitrogens is 4. The molecule has 0 radical (unpaired) electrons. The van der Waals surface area contributed by atoms with Crippen molar-refractivity contribution >= 4 is 17.5 Å². The predicted octanol–water partition coefficient (Wildman–Crippen LogP) is 4.90. The Labute approximate surface area is 163 Å². The summed E-state index contributed by atoms with van der Waals surface area (Å²) in [5.74, 6) is 1.63. The molecular weight excluding hydrogens is 388 g/mol. The lowest BCUT2D eigenvalue weighted by molar-refractivity contribution is -0.137. The summed E-state index contributed by atoms with van der Waals surface area (Å²) in [5.41, 5.74) is 0.159. The molecule has 2 heterocycles. The number of halogens is 4. The first-order valence-corrected chi connectivity index (χ1v) is 9.05. The van der Waals surface area contributed by atoms with Crippen molar-refractivity contribution in [2.24, 2.45) is 0 Å². The first-order valence-electron chi connectivity index (χ1n) is 9.05. The van der Waals surface area contributed by atoms with E-state index in [9.17, 15) is 17.6 Å². The second-order valence-electron chi connectivity index (χ2n) is 6.95. The first kappa shape index (κ1) is 19.2. The van der Waals surface area contributed by atoms with Crippen LogP contribution < -0.4 is 10.6 Å². The van der Waals surface area contributed by atoms with Crippen LogP contribution in [0.4, 0.5) is 35.0 Å². The molecule has 0 aliphatic heterocycles. The van der Waals surface area contributed by atoms with Crippen molar-refractivity contribution in [1.29, 1.82) is 0 Å². The number of aryl methyl sites for hydroxylation is 1. The molecule has 1 fully saturated rings. The lowest BCUT2D eigenvalue weighted by Gasteiger charge is -2.11. The zero-order valence-electron chi connectivity index (χ0n) is 15.4. The zero-order chi connectivity index (χ0) is 20.6. The van der Waals surface area contributed by atoms with Crippen LogP contribution in [0.2, 0.25) is 0 Å². The maximum Gasteiger partial charge on any atom is 0.416 e. The minimum atomic E-state index is -4.58. The van der Waals surface area contributed by atoms with E-state index in [0.29, 0.717) is 35.3 Å². The fourth-order valence-electron chi connectivity index (χ4n) is 2.91. The molecule has 0 bridgehead atoms. The summed E-state index contributed by atoms with van der Waals surface area (Å²) >= 11 is 0. The zero-order valence-corrected chi connectivity index (χ0v) is 15.4. The summed E-state index contributed by atoms with van der Waals surface area (Å²) in [5, 5.41) is 13.2. The molecule has 0 unspecified atom stereocenters. The van der Waals surface area contributed by atoms with Gasteiger partial charge in [-0.1, -0.05) is 6.07 Å². The molecular formula is C19H18F4N6. The third-order valence-electron chi connectivity index (χ3n) is 4.55. The van der Waals surface area contributed by atoms with Crippen molar-refractivity contribution in [1.82, 2.24) is 20.2 Å². The van der Waals surface area contributed by atoms with Gasteiger partial charge >= 0.3 is 6.18 Å². The number of H-pyrrole nitrogens is 1. The molecule has 1 aromatic carbocycles. The first-order chi connectivity index (χ1) is 13.8. The second kappa shape index (κ2) is 7.34. The molecule has 10 heteroatoms. The molecule has 2 aromatic heterocycles. The normalized spacial score (nSPS) is 14.1. The van der Waals surface area contributed by atoms with E-state index in [0.717, 1.165) is 30.7 Å². The number of hydrogen-bond acceptors (Lipinski definition) is 5. The Hall–Kier alpha value is -3.17. The number of alkyl halides is 3. The monoisotopic (exact) mass is 406 g/mol. The standard InChI is InChI=1S/C19H18F4N6/c1-10-25-16(24-9-12-4-5-13(6-14(12)20)19(21,22)23)8-17(26-10)27-18-7-15(28-29-18)11-2-3-11/h4-8,11H,2-3,9H2,1H3,(H3,24,25,26,27,28,29). The predicted molar refractivity (Wildman–Crippen MR) is 99.3 cm³/mol. The Balaban J connectivity index is 1.45. The number of hydrogen-bond donors (Lipinski definition) is 3. The van der Waals surface area contributed by atoms with Crippen LogP contribution >= 0.6 is 0 Å². The molecule has 152 valence electrons. The van der Waals surface area contributed by atoms with Crippen LogP contribution in [0.15, 0.2) is 30.3 Å². The molecule has 0 amide bonds. The number of benzene rings is 1. The third kappa shape index (κ3) is 4.64. The highest BCUT2D eigenvalue weighted by Gasteiger charge is 2.31. The van der Waals surface area contributed by atoms with Gasteiger partial charge < -0.3 is 10.6 Å². The third-order valence-corrected chi connectivity index (χ3v) is 4.55. The minimum Gasteiger partial charge on any atom is -0.366 e. The van der Waals surface area contributed by atoms with Gasteiger partial charge in [-0.25, -0.2) is 14.4 Å². The number of nitrogens with one attached hydrogen (secondary N) is 3. The van der Waals surface area contributed by atoms with Crippen molar-refractivity contribution in [2.45, 2.75) is 38.4 Å². The minimum absolute atomic E-state index is 0.0197. The van der Waals surface area contributed by atoms with E-state index in [-0.39, 0.29) is 12.1 Å². The van der Waals surface area contributed by atoms with Gasteiger partial charge in [-0.05, 0) is 31.9 Å². The largest absolute Gasteiger partial charge is 0.416 e. The smallest absolute Gasteiger partial charge is 0.366 e. The number of rotatable bonds is 6. The molecule has 3 aromatic rings. The highest BCUT2D eigenvalue weighted by molar-refractivity contribution is 5.56. The Bertz CT molecular complexity index is 1030. The summed E-state index contributed by atoms with van der Waals surface area (Å²) in [4.78, 5) is 8.52. The summed E-state index contributed by atoms with van der Waals surface area (Å²) in [6, 6.07) is 6.01. The number of anilines is 3. The second-order valence-corrected chi connectivity index (χ2v) is 6.95. The van der Waals surface area contributed by atoms with Crippen LogP contribution in [-0.2, 0) is 12.7 Å². The molecule has 4 rings (SSSR count). The fraction of sp³-hybridized carbons (Fsp3) is 0.316. The topological polar surface area (TPSA) is 78.5 Å². The number of nitrogens with zero attached hydrogens (tertiary/aromatic N) is 3. The average Bonchev–Trinajstić information content (AvgIpc) is 3.39. The molecule has 0 atom stereocenters. The number of aromatic amines is 1. The van der Waals surface area contributed by atoms with Crippen molar-refractivity contribution in [3.8, 4) is 0 Å². The fourth-order valence-corrected chi connectivity index (χ4v) is 2.91. The highest BCUT2D eigenvalue weighted by atomic mass is 19.4. The van der Waals surface area contributed by atoms with E-state index in [1.165, 1.54) is 0 Å². The van der Waals surface area contributed by atoms with Crippen molar-refractivity contribution in [2.75, 3.05) is 10.6 Å². The van der Waals surface area contributed by atoms with Crippen LogP contribution in [0.5, 0.6) is 0 Å². The summed E-state index contributed by atoms with van der Waals surface area (Å²) in [6.45, 7) is 1.68. The SMILES string of the molecule is Cc1nc(NCc2ccc(C(F)(F)F)cc2F)cc(Nc2cc(C3CC3)[nH]n2)n1. The summed E-state index contributed by atoms with van der Waals surface area (Å²) in [7, 11) is 0. The molecule has 6 nitrogen and oxygen atoms in total. The van der Waals surface area contributed by atoms with Crippen LogP contribution in [0.25, 0.3) is 0 Å². The summed E-state index contributed by atoms with van der Waals surface area (Å²) < 4.78 is 52.0. The van der Waals surface area contributed by atoms with E-state index in [2.05, 4.69) is 30.8 Å². The van der Waals surface area contributed by atoms with Crippen molar-refractivity contribution in [3.05, 3.63) is 58.8 Å². The van der Waals surface area contributed by atoms with Crippen molar-refractivity contribution < 1.29 is 17.6 Å². The van der Waals surface area contributed by atoms with Gasteiger partial charge in [-0.15, -0.1) is 0 Å². The molecule has 0 saturated heterocycles. The van der Waals surface area contributed by atoms with Gasteiger partial charge in [0.25, 0.3) is 0 Å². The average molecular weight is 406 g/mol. The lowest BCUT2D eigenvalue weighted by Crippen LogP contribution is -2.09. The van der Waals surface area contributed by atoms with Crippen LogP contribution in [0.3, 0.4) is 0 Å². The Kier molecular flexibility index (Phi) is 4.85. The van der Waals surface area contributed by atoms with Gasteiger partial charge in [-0.2, -0.15) is 18.3 Å². The van der Waals surface area contributed by atoms with Crippen molar-refractivity contribution in [3.63, 3.8) is 0 Å². The van der Waals surface area contributed by atoms with E-state index in [1.807, 2.05) is 6.07 Å². The van der Waals surface area contributed by atoms with Gasteiger partial charge in [0.15, 0.2) is 5.82 Å². The quantitative estimate of drug-likeness (QED) is 0.508. The maximum absolute atomic E-state index is 14.0. The van der Waals surface area contributed by atoms with Gasteiger partial charge in [-0.3, -0.25) is 5.10 Å². The lowest BCUT2D eigenvalue weighted by atomic mass is 10.1. The molecule has 3 N–H and O–H groups in total. The highest BCUT2D eigenvalue weighted by Crippen LogP contribution is 2.39. The van der Waals surface area contributed by atoms with Crippen LogP contribution in [0, 0.1) is 12.7 Å². The summed E-state index contributed by atoms with van der Waals surface area (Å²) in [6.07, 6.45) is -2.27. The van der Waals surface area contributed by atoms with Gasteiger partial charge in [0.05, 0.1) is 5.56 Å². The van der Waals surface area contributed by atoms with Gasteiger partial charge in [0.1, 0.15) is 23.3 Å². The Morgan fingerprint density at radius 2 is 1.83 bits per heavy atom. The molecule has 1 aliphatic rings. The van der Waals surface area contributed by atoms with Crippen LogP contribution in [0.1, 0.15) is 41.4 Å². The molecule has 1 saturated carbocycles. The van der Waals surface area contributed by atoms with Gasteiger partial charge in [0, 0.05) is 35.9 Å². The Morgan fingerprint density at radius 1 is 1.07 bits per heavy atom. The van der Waals surface area contributed by atoms with E-state index < -0.39 is 17.6 Å². The van der Waals surface area contributed by atoms with Crippen LogP contribution in [-0.4, -0.2) is 20.2 Å². The molecule has 1 aliphatic carbocycles. The molecule has 29 heavy (non-hydrogen) atoms. The Morgan fingerprint density at radius 3 is 2.52 bits per heavy atom. The molecule has 0 spiro atoms. The van der Waals surface area contributed by atoms with Gasteiger partial charge in [0.2, 0.25) is 0 Å². The maximum atomic E-state index is 14.0.